The minimum Gasteiger partial charge on any atom is -0.316 e. The normalized spacial score (nSPS) is 24.2. The average Bonchev–Trinajstić information content (AvgIpc) is 2.97. The summed E-state index contributed by atoms with van der Waals surface area (Å²) in [7, 11) is -3.52. The second-order valence-corrected chi connectivity index (χ2v) is 8.54. The molecule has 1 aromatic carbocycles. The predicted octanol–water partition coefficient (Wildman–Crippen LogP) is 1.90. The molecule has 2 aromatic rings. The molecule has 0 spiro atoms. The number of nitrogens with zero attached hydrogens (tertiary/aromatic N) is 2. The molecule has 1 N–H and O–H groups in total. The first-order valence-electron chi connectivity index (χ1n) is 8.27. The summed E-state index contributed by atoms with van der Waals surface area (Å²) in [6.07, 6.45) is 1.81. The number of aryl methyl sites for hydroxylation is 1. The Morgan fingerprint density at radius 1 is 1.17 bits per heavy atom. The highest BCUT2D eigenvalue weighted by Gasteiger charge is 2.39. The van der Waals surface area contributed by atoms with Crippen molar-refractivity contribution in [3.05, 3.63) is 59.4 Å². The van der Waals surface area contributed by atoms with E-state index in [0.717, 1.165) is 29.9 Å². The van der Waals surface area contributed by atoms with Gasteiger partial charge in [0.1, 0.15) is 0 Å². The number of hydrogen-bond acceptors (Lipinski definition) is 4. The van der Waals surface area contributed by atoms with Crippen LogP contribution in [0.15, 0.2) is 47.5 Å². The van der Waals surface area contributed by atoms with Gasteiger partial charge < -0.3 is 5.32 Å². The lowest BCUT2D eigenvalue weighted by Gasteiger charge is -2.24. The first-order valence-corrected chi connectivity index (χ1v) is 9.71. The number of rotatable bonds is 2. The maximum absolute atomic E-state index is 13.2. The van der Waals surface area contributed by atoms with E-state index in [-0.39, 0.29) is 5.92 Å². The maximum Gasteiger partial charge on any atom is 0.243 e. The fourth-order valence-corrected chi connectivity index (χ4v) is 5.55. The van der Waals surface area contributed by atoms with Crippen LogP contribution in [0, 0.1) is 12.8 Å². The van der Waals surface area contributed by atoms with Gasteiger partial charge in [-0.05, 0) is 42.6 Å². The van der Waals surface area contributed by atoms with Crippen LogP contribution >= 0.6 is 0 Å². The molecular formula is C18H21N3O2S. The fourth-order valence-electron chi connectivity index (χ4n) is 3.85. The lowest BCUT2D eigenvalue weighted by atomic mass is 9.91. The Morgan fingerprint density at radius 2 is 2.00 bits per heavy atom. The summed E-state index contributed by atoms with van der Waals surface area (Å²) in [5.41, 5.74) is 2.86. The molecule has 126 valence electrons. The van der Waals surface area contributed by atoms with Gasteiger partial charge in [-0.1, -0.05) is 24.3 Å². The van der Waals surface area contributed by atoms with E-state index in [4.69, 9.17) is 0 Å². The quantitative estimate of drug-likeness (QED) is 0.905. The van der Waals surface area contributed by atoms with Crippen molar-refractivity contribution in [3.8, 4) is 0 Å². The summed E-state index contributed by atoms with van der Waals surface area (Å²) in [6, 6.07) is 11.1. The molecule has 1 aromatic heterocycles. The Kier molecular flexibility index (Phi) is 3.90. The third kappa shape index (κ3) is 2.55. The smallest absolute Gasteiger partial charge is 0.243 e. The van der Waals surface area contributed by atoms with Gasteiger partial charge in [0.15, 0.2) is 0 Å². The van der Waals surface area contributed by atoms with Crippen LogP contribution in [0.25, 0.3) is 0 Å². The minimum atomic E-state index is -3.52. The molecule has 2 aliphatic heterocycles. The van der Waals surface area contributed by atoms with Crippen LogP contribution in [-0.2, 0) is 16.6 Å². The van der Waals surface area contributed by atoms with Crippen molar-refractivity contribution in [3.63, 3.8) is 0 Å². The third-order valence-electron chi connectivity index (χ3n) is 5.11. The maximum atomic E-state index is 13.2. The highest BCUT2D eigenvalue weighted by atomic mass is 32.2. The average molecular weight is 343 g/mol. The number of fused-ring (bicyclic) bond motifs is 3. The topological polar surface area (TPSA) is 62.3 Å². The molecule has 4 rings (SSSR count). The Bertz CT molecular complexity index is 866. The number of pyridine rings is 1. The van der Waals surface area contributed by atoms with Crippen molar-refractivity contribution in [2.24, 2.45) is 5.92 Å². The molecule has 5 nitrogen and oxygen atoms in total. The summed E-state index contributed by atoms with van der Waals surface area (Å²) >= 11 is 0. The van der Waals surface area contributed by atoms with Crippen LogP contribution in [0.4, 0.5) is 0 Å². The highest BCUT2D eigenvalue weighted by Crippen LogP contribution is 2.35. The summed E-state index contributed by atoms with van der Waals surface area (Å²) in [4.78, 5) is 4.97. The largest absolute Gasteiger partial charge is 0.316 e. The molecule has 2 aliphatic rings. The summed E-state index contributed by atoms with van der Waals surface area (Å²) in [5, 5.41) is 3.39. The Hall–Kier alpha value is -1.76. The van der Waals surface area contributed by atoms with Gasteiger partial charge in [0, 0.05) is 37.4 Å². The molecule has 0 saturated carbocycles. The molecule has 0 amide bonds. The Balaban J connectivity index is 1.78. The van der Waals surface area contributed by atoms with Crippen molar-refractivity contribution in [2.75, 3.05) is 19.6 Å². The molecule has 1 saturated heterocycles. The molecule has 0 aliphatic carbocycles. The summed E-state index contributed by atoms with van der Waals surface area (Å²) < 4.78 is 28.1. The molecule has 24 heavy (non-hydrogen) atoms. The summed E-state index contributed by atoms with van der Waals surface area (Å²) in [5.74, 6) is 0.554. The molecule has 0 radical (unpaired) electrons. The molecule has 1 fully saturated rings. The first-order chi connectivity index (χ1) is 11.6. The molecule has 1 unspecified atom stereocenters. The van der Waals surface area contributed by atoms with Crippen molar-refractivity contribution in [1.82, 2.24) is 14.6 Å². The number of aromatic nitrogens is 1. The lowest BCUT2D eigenvalue weighted by Crippen LogP contribution is -2.35. The van der Waals surface area contributed by atoms with Crippen molar-refractivity contribution in [1.29, 1.82) is 0 Å². The zero-order chi connectivity index (χ0) is 16.7. The standard InChI is InChI=1S/C18H21N3O2S/c1-13-5-2-3-7-17(13)24(22,23)21-11-14-6-4-8-20-18(14)16-10-19-9-15(16)12-21/h2-8,15-16,19H,9-12H2,1H3/t15?,16-/m1/s1. The number of hydrogen-bond donors (Lipinski definition) is 1. The van der Waals surface area contributed by atoms with Crippen molar-refractivity contribution < 1.29 is 8.42 Å². The van der Waals surface area contributed by atoms with E-state index in [9.17, 15) is 8.42 Å². The van der Waals surface area contributed by atoms with Gasteiger partial charge in [-0.15, -0.1) is 0 Å². The van der Waals surface area contributed by atoms with Crippen LogP contribution in [0.1, 0.15) is 22.7 Å². The number of nitrogens with one attached hydrogen (secondary N) is 1. The van der Waals surface area contributed by atoms with E-state index < -0.39 is 10.0 Å². The van der Waals surface area contributed by atoms with Crippen LogP contribution < -0.4 is 5.32 Å². The van der Waals surface area contributed by atoms with E-state index in [0.29, 0.717) is 23.9 Å². The highest BCUT2D eigenvalue weighted by molar-refractivity contribution is 7.89. The van der Waals surface area contributed by atoms with E-state index in [1.165, 1.54) is 0 Å². The molecular weight excluding hydrogens is 322 g/mol. The monoisotopic (exact) mass is 343 g/mol. The SMILES string of the molecule is Cc1ccccc1S(=O)(=O)N1Cc2cccnc2[C@@H]2CNCC2C1. The van der Waals surface area contributed by atoms with Crippen LogP contribution in [-0.4, -0.2) is 37.3 Å². The fraction of sp³-hybridized carbons (Fsp3) is 0.389. The third-order valence-corrected chi connectivity index (χ3v) is 7.09. The second-order valence-electron chi connectivity index (χ2n) is 6.64. The summed E-state index contributed by atoms with van der Waals surface area (Å²) in [6.45, 7) is 4.48. The number of benzene rings is 1. The second kappa shape index (κ2) is 5.95. The van der Waals surface area contributed by atoms with Crippen LogP contribution in [0.3, 0.4) is 0 Å². The van der Waals surface area contributed by atoms with Gasteiger partial charge in [0.2, 0.25) is 10.0 Å². The van der Waals surface area contributed by atoms with Gasteiger partial charge in [-0.3, -0.25) is 4.98 Å². The zero-order valence-electron chi connectivity index (χ0n) is 13.6. The van der Waals surface area contributed by atoms with Gasteiger partial charge in [0.25, 0.3) is 0 Å². The lowest BCUT2D eigenvalue weighted by molar-refractivity contribution is 0.349. The van der Waals surface area contributed by atoms with Gasteiger partial charge in [-0.25, -0.2) is 8.42 Å². The van der Waals surface area contributed by atoms with E-state index in [1.54, 1.807) is 22.6 Å². The predicted molar refractivity (Wildman–Crippen MR) is 92.1 cm³/mol. The Morgan fingerprint density at radius 3 is 2.83 bits per heavy atom. The molecule has 3 heterocycles. The molecule has 0 bridgehead atoms. The molecule has 2 atom stereocenters. The van der Waals surface area contributed by atoms with E-state index in [1.807, 2.05) is 31.2 Å². The number of sulfonamides is 1. The van der Waals surface area contributed by atoms with E-state index >= 15 is 0 Å². The van der Waals surface area contributed by atoms with Gasteiger partial charge >= 0.3 is 0 Å². The van der Waals surface area contributed by atoms with Crippen LogP contribution in [0.2, 0.25) is 0 Å². The van der Waals surface area contributed by atoms with Gasteiger partial charge in [-0.2, -0.15) is 4.31 Å². The van der Waals surface area contributed by atoms with E-state index in [2.05, 4.69) is 10.3 Å². The van der Waals surface area contributed by atoms with Crippen molar-refractivity contribution >= 4 is 10.0 Å². The van der Waals surface area contributed by atoms with Gasteiger partial charge in [0.05, 0.1) is 4.90 Å². The first kappa shape index (κ1) is 15.7. The molecule has 6 heteroatoms. The zero-order valence-corrected chi connectivity index (χ0v) is 14.5. The van der Waals surface area contributed by atoms with Crippen LogP contribution in [0.5, 0.6) is 0 Å². The van der Waals surface area contributed by atoms with Crippen molar-refractivity contribution in [2.45, 2.75) is 24.3 Å². The Labute approximate surface area is 142 Å². The minimum absolute atomic E-state index is 0.264.